The highest BCUT2D eigenvalue weighted by Gasteiger charge is 2.18. The van der Waals surface area contributed by atoms with E-state index in [9.17, 15) is 5.26 Å². The molecule has 3 heterocycles. The molecule has 0 aliphatic carbocycles. The van der Waals surface area contributed by atoms with E-state index in [2.05, 4.69) is 26.3 Å². The van der Waals surface area contributed by atoms with Crippen molar-refractivity contribution in [2.75, 3.05) is 65.1 Å². The number of methoxy groups -OCH3 is 1. The van der Waals surface area contributed by atoms with E-state index in [0.29, 0.717) is 54.3 Å². The van der Waals surface area contributed by atoms with Crippen LogP contribution in [0.3, 0.4) is 0 Å². The van der Waals surface area contributed by atoms with Crippen LogP contribution in [-0.4, -0.2) is 80.8 Å². The minimum Gasteiger partial charge on any atom is -0.493 e. The van der Waals surface area contributed by atoms with Gasteiger partial charge in [0.05, 0.1) is 51.4 Å². The fourth-order valence-electron chi connectivity index (χ4n) is 4.72. The number of hydrogen-bond donors (Lipinski definition) is 1. The van der Waals surface area contributed by atoms with E-state index >= 15 is 0 Å². The lowest BCUT2D eigenvalue weighted by Gasteiger charge is -2.26. The Morgan fingerprint density at radius 3 is 2.60 bits per heavy atom. The summed E-state index contributed by atoms with van der Waals surface area (Å²) in [5, 5.41) is 13.0. The highest BCUT2D eigenvalue weighted by Crippen LogP contribution is 2.32. The molecule has 10 heteroatoms. The minimum absolute atomic E-state index is 0.0606. The quantitative estimate of drug-likeness (QED) is 0.348. The number of benzene rings is 2. The van der Waals surface area contributed by atoms with Crippen LogP contribution in [0.2, 0.25) is 0 Å². The van der Waals surface area contributed by atoms with Crippen molar-refractivity contribution < 1.29 is 23.7 Å². The van der Waals surface area contributed by atoms with Crippen molar-refractivity contribution in [2.45, 2.75) is 25.4 Å². The topological polar surface area (TPSA) is 111 Å². The zero-order valence-electron chi connectivity index (χ0n) is 22.8. The van der Waals surface area contributed by atoms with Gasteiger partial charge in [-0.3, -0.25) is 4.90 Å². The van der Waals surface area contributed by atoms with Gasteiger partial charge in [0.1, 0.15) is 17.9 Å². The maximum Gasteiger partial charge on any atom is 0.227 e. The Balaban J connectivity index is 1.21. The van der Waals surface area contributed by atoms with Gasteiger partial charge in [-0.1, -0.05) is 0 Å². The molecule has 10 nitrogen and oxygen atoms in total. The van der Waals surface area contributed by atoms with Gasteiger partial charge in [-0.2, -0.15) is 5.26 Å². The van der Waals surface area contributed by atoms with E-state index < -0.39 is 0 Å². The number of morpholine rings is 1. The average Bonchev–Trinajstić information content (AvgIpc) is 3.01. The SMILES string of the molecule is COc1cc(Nc2nccc(-c3ccc(OC4CCOCC4)c(C#N)c3)n2)ccc1OCCCN1CCOCC1. The van der Waals surface area contributed by atoms with Crippen LogP contribution in [0.5, 0.6) is 17.2 Å². The van der Waals surface area contributed by atoms with Crippen LogP contribution in [0.25, 0.3) is 11.3 Å². The molecule has 0 atom stereocenters. The summed E-state index contributed by atoms with van der Waals surface area (Å²) in [7, 11) is 1.62. The van der Waals surface area contributed by atoms with Gasteiger partial charge in [-0.05, 0) is 42.8 Å². The van der Waals surface area contributed by atoms with E-state index in [1.54, 1.807) is 19.4 Å². The Kier molecular flexibility index (Phi) is 9.63. The molecule has 40 heavy (non-hydrogen) atoms. The Morgan fingerprint density at radius 1 is 1.00 bits per heavy atom. The van der Waals surface area contributed by atoms with Crippen molar-refractivity contribution in [3.8, 4) is 34.6 Å². The smallest absolute Gasteiger partial charge is 0.227 e. The second-order valence-electron chi connectivity index (χ2n) is 9.66. The third kappa shape index (κ3) is 7.39. The summed E-state index contributed by atoms with van der Waals surface area (Å²) in [4.78, 5) is 11.4. The number of aromatic nitrogens is 2. The summed E-state index contributed by atoms with van der Waals surface area (Å²) >= 11 is 0. The van der Waals surface area contributed by atoms with E-state index in [1.165, 1.54) is 0 Å². The molecule has 0 amide bonds. The minimum atomic E-state index is 0.0606. The summed E-state index contributed by atoms with van der Waals surface area (Å²) in [6.07, 6.45) is 4.32. The van der Waals surface area contributed by atoms with Crippen LogP contribution >= 0.6 is 0 Å². The van der Waals surface area contributed by atoms with Gasteiger partial charge in [-0.25, -0.2) is 9.97 Å². The van der Waals surface area contributed by atoms with Crippen molar-refractivity contribution in [2.24, 2.45) is 0 Å². The number of anilines is 2. The first-order valence-electron chi connectivity index (χ1n) is 13.7. The maximum atomic E-state index is 9.74. The highest BCUT2D eigenvalue weighted by atomic mass is 16.5. The Hall–Kier alpha value is -3.91. The number of rotatable bonds is 11. The largest absolute Gasteiger partial charge is 0.493 e. The molecule has 5 rings (SSSR count). The molecule has 1 N–H and O–H groups in total. The number of hydrogen-bond acceptors (Lipinski definition) is 10. The van der Waals surface area contributed by atoms with E-state index in [-0.39, 0.29) is 6.10 Å². The van der Waals surface area contributed by atoms with Gasteiger partial charge in [-0.15, -0.1) is 0 Å². The number of nitrogens with one attached hydrogen (secondary N) is 1. The van der Waals surface area contributed by atoms with Crippen molar-refractivity contribution in [3.63, 3.8) is 0 Å². The fraction of sp³-hybridized carbons (Fsp3) is 0.433. The van der Waals surface area contributed by atoms with Gasteiger partial charge in [0.2, 0.25) is 5.95 Å². The summed E-state index contributed by atoms with van der Waals surface area (Å²) in [5.74, 6) is 2.34. The number of nitrogens with zero attached hydrogens (tertiary/aromatic N) is 4. The summed E-state index contributed by atoms with van der Waals surface area (Å²) in [6, 6.07) is 15.3. The second kappa shape index (κ2) is 13.9. The predicted octanol–water partition coefficient (Wildman–Crippen LogP) is 4.43. The molecule has 2 aromatic carbocycles. The molecule has 2 aliphatic heterocycles. The third-order valence-electron chi connectivity index (χ3n) is 6.91. The molecule has 0 spiro atoms. The van der Waals surface area contributed by atoms with Crippen LogP contribution in [0.15, 0.2) is 48.7 Å². The Bertz CT molecular complexity index is 1300. The molecule has 0 radical (unpaired) electrons. The predicted molar refractivity (Wildman–Crippen MR) is 150 cm³/mol. The lowest BCUT2D eigenvalue weighted by atomic mass is 10.1. The van der Waals surface area contributed by atoms with Crippen LogP contribution in [0.4, 0.5) is 11.6 Å². The normalized spacial score (nSPS) is 16.2. The van der Waals surface area contributed by atoms with Gasteiger partial charge in [0.15, 0.2) is 11.5 Å². The second-order valence-corrected chi connectivity index (χ2v) is 9.66. The van der Waals surface area contributed by atoms with Crippen LogP contribution in [0, 0.1) is 11.3 Å². The van der Waals surface area contributed by atoms with E-state index in [0.717, 1.165) is 63.4 Å². The molecule has 2 saturated heterocycles. The Morgan fingerprint density at radius 2 is 1.80 bits per heavy atom. The summed E-state index contributed by atoms with van der Waals surface area (Å²) in [6.45, 7) is 6.50. The molecular weight excluding hydrogens is 510 g/mol. The molecular formula is C30H35N5O5. The molecule has 1 aromatic heterocycles. The van der Waals surface area contributed by atoms with Gasteiger partial charge in [0, 0.05) is 56.0 Å². The lowest BCUT2D eigenvalue weighted by molar-refractivity contribution is 0.0254. The number of ether oxygens (including phenoxy) is 5. The summed E-state index contributed by atoms with van der Waals surface area (Å²) < 4.78 is 28.5. The Labute approximate surface area is 234 Å². The van der Waals surface area contributed by atoms with E-state index in [4.69, 9.17) is 23.7 Å². The first-order chi connectivity index (χ1) is 19.7. The molecule has 3 aromatic rings. The standard InChI is InChI=1S/C30H35N5O5/c1-36-29-20-24(4-6-28(29)39-14-2-11-35-12-17-38-18-13-35)33-30-32-10-7-26(34-30)22-3-5-27(23(19-22)21-31)40-25-8-15-37-16-9-25/h3-7,10,19-20,25H,2,8-9,11-18H2,1H3,(H,32,33,34). The molecule has 2 fully saturated rings. The zero-order valence-corrected chi connectivity index (χ0v) is 22.8. The molecule has 0 unspecified atom stereocenters. The maximum absolute atomic E-state index is 9.74. The van der Waals surface area contributed by atoms with Gasteiger partial charge < -0.3 is 29.0 Å². The van der Waals surface area contributed by atoms with Crippen molar-refractivity contribution >= 4 is 11.6 Å². The monoisotopic (exact) mass is 545 g/mol. The van der Waals surface area contributed by atoms with Crippen molar-refractivity contribution in [1.82, 2.24) is 14.9 Å². The van der Waals surface area contributed by atoms with Gasteiger partial charge >= 0.3 is 0 Å². The average molecular weight is 546 g/mol. The lowest BCUT2D eigenvalue weighted by Crippen LogP contribution is -2.37. The molecule has 0 bridgehead atoms. The fourth-order valence-corrected chi connectivity index (χ4v) is 4.72. The highest BCUT2D eigenvalue weighted by molar-refractivity contribution is 5.66. The van der Waals surface area contributed by atoms with Gasteiger partial charge in [0.25, 0.3) is 0 Å². The van der Waals surface area contributed by atoms with E-state index in [1.807, 2.05) is 36.4 Å². The van der Waals surface area contributed by atoms with Crippen LogP contribution in [-0.2, 0) is 9.47 Å². The van der Waals surface area contributed by atoms with Crippen LogP contribution < -0.4 is 19.5 Å². The third-order valence-corrected chi connectivity index (χ3v) is 6.91. The first kappa shape index (κ1) is 27.6. The molecule has 2 aliphatic rings. The molecule has 210 valence electrons. The van der Waals surface area contributed by atoms with Crippen molar-refractivity contribution in [3.05, 3.63) is 54.2 Å². The zero-order chi connectivity index (χ0) is 27.6. The first-order valence-corrected chi connectivity index (χ1v) is 13.7. The van der Waals surface area contributed by atoms with Crippen molar-refractivity contribution in [1.29, 1.82) is 5.26 Å². The molecule has 0 saturated carbocycles. The van der Waals surface area contributed by atoms with Crippen LogP contribution in [0.1, 0.15) is 24.8 Å². The number of nitriles is 1. The summed E-state index contributed by atoms with van der Waals surface area (Å²) in [5.41, 5.74) is 2.74.